The summed E-state index contributed by atoms with van der Waals surface area (Å²) in [4.78, 5) is 32.2. The summed E-state index contributed by atoms with van der Waals surface area (Å²) in [5, 5.41) is 4.60. The van der Waals surface area contributed by atoms with Crippen molar-refractivity contribution in [3.8, 4) is 0 Å². The Kier molecular flexibility index (Phi) is 5.55. The highest BCUT2D eigenvalue weighted by Crippen LogP contribution is 2.26. The van der Waals surface area contributed by atoms with Gasteiger partial charge in [-0.25, -0.2) is 4.98 Å². The van der Waals surface area contributed by atoms with Gasteiger partial charge < -0.3 is 9.80 Å². The Hall–Kier alpha value is -2.12. The van der Waals surface area contributed by atoms with Gasteiger partial charge in [-0.3, -0.25) is 14.3 Å². The van der Waals surface area contributed by atoms with Crippen molar-refractivity contribution < 1.29 is 9.59 Å². The molecule has 25 heavy (non-hydrogen) atoms. The smallest absolute Gasteiger partial charge is 0.255 e. The van der Waals surface area contributed by atoms with Crippen molar-refractivity contribution in [1.29, 1.82) is 0 Å². The van der Waals surface area contributed by atoms with Crippen molar-refractivity contribution in [1.82, 2.24) is 24.6 Å². The molecular formula is C16H17Cl2N5O2. The molecule has 7 nitrogen and oxygen atoms in total. The lowest BCUT2D eigenvalue weighted by atomic mass is 10.1. The van der Waals surface area contributed by atoms with Crippen molar-refractivity contribution in [3.05, 3.63) is 46.5 Å². The average Bonchev–Trinajstić information content (AvgIpc) is 3.15. The first-order valence-electron chi connectivity index (χ1n) is 7.89. The fourth-order valence-electron chi connectivity index (χ4n) is 2.71. The number of aromatic nitrogens is 3. The molecule has 2 heterocycles. The Morgan fingerprint density at radius 3 is 2.48 bits per heavy atom. The molecule has 1 aromatic carbocycles. The van der Waals surface area contributed by atoms with E-state index in [1.54, 1.807) is 39.0 Å². The highest BCUT2D eigenvalue weighted by atomic mass is 35.5. The Morgan fingerprint density at radius 1 is 1.08 bits per heavy atom. The highest BCUT2D eigenvalue weighted by molar-refractivity contribution is 6.43. The molecule has 0 spiro atoms. The van der Waals surface area contributed by atoms with Crippen molar-refractivity contribution in [2.24, 2.45) is 0 Å². The normalized spacial score (nSPS) is 14.6. The van der Waals surface area contributed by atoms with Gasteiger partial charge in [-0.15, -0.1) is 0 Å². The molecule has 9 heteroatoms. The minimum atomic E-state index is -0.165. The summed E-state index contributed by atoms with van der Waals surface area (Å²) in [6.07, 6.45) is 3.38. The lowest BCUT2D eigenvalue weighted by molar-refractivity contribution is -0.132. The number of hydrogen-bond acceptors (Lipinski definition) is 4. The van der Waals surface area contributed by atoms with Gasteiger partial charge in [0.1, 0.15) is 12.7 Å². The third-order valence-electron chi connectivity index (χ3n) is 4.12. The molecule has 1 saturated heterocycles. The van der Waals surface area contributed by atoms with Gasteiger partial charge in [0.25, 0.3) is 5.91 Å². The first-order chi connectivity index (χ1) is 12.1. The van der Waals surface area contributed by atoms with Crippen LogP contribution < -0.4 is 0 Å². The molecule has 0 radical (unpaired) electrons. The molecule has 0 saturated carbocycles. The fraction of sp³-hybridized carbons (Fsp3) is 0.375. The maximum absolute atomic E-state index is 12.6. The number of rotatable bonds is 4. The Bertz CT molecular complexity index is 758. The number of halogens is 2. The topological polar surface area (TPSA) is 71.3 Å². The van der Waals surface area contributed by atoms with Crippen LogP contribution in [0, 0.1) is 0 Å². The Morgan fingerprint density at radius 2 is 1.80 bits per heavy atom. The summed E-state index contributed by atoms with van der Waals surface area (Å²) in [6.45, 7) is 2.43. The summed E-state index contributed by atoms with van der Waals surface area (Å²) < 4.78 is 1.62. The summed E-state index contributed by atoms with van der Waals surface area (Å²) in [7, 11) is 0. The summed E-state index contributed by atoms with van der Waals surface area (Å²) in [5.74, 6) is -0.120. The standard InChI is InChI=1S/C16H17Cl2N5O2/c17-13-3-1-2-12(15(13)18)16(25)22-8-6-21(7-9-22)14(24)4-5-23-11-19-10-20-23/h1-3,10-11H,4-9H2. The third kappa shape index (κ3) is 4.11. The largest absolute Gasteiger partial charge is 0.339 e. The van der Waals surface area contributed by atoms with Crippen LogP contribution in [0.5, 0.6) is 0 Å². The molecule has 0 aliphatic carbocycles. The molecule has 1 aromatic heterocycles. The van der Waals surface area contributed by atoms with Gasteiger partial charge in [0.15, 0.2) is 0 Å². The second-order valence-corrected chi connectivity index (χ2v) is 6.47. The van der Waals surface area contributed by atoms with Crippen molar-refractivity contribution >= 4 is 35.0 Å². The lowest BCUT2D eigenvalue weighted by Gasteiger charge is -2.35. The van der Waals surface area contributed by atoms with Gasteiger partial charge in [0.05, 0.1) is 22.2 Å². The van der Waals surface area contributed by atoms with E-state index < -0.39 is 0 Å². The molecule has 0 atom stereocenters. The van der Waals surface area contributed by atoms with Crippen LogP contribution in [0.4, 0.5) is 0 Å². The minimum Gasteiger partial charge on any atom is -0.339 e. The number of amides is 2. The molecule has 1 fully saturated rings. The van der Waals surface area contributed by atoms with E-state index in [0.29, 0.717) is 49.7 Å². The minimum absolute atomic E-state index is 0.0448. The number of benzene rings is 1. The second kappa shape index (κ2) is 7.84. The van der Waals surface area contributed by atoms with Crippen molar-refractivity contribution in [2.75, 3.05) is 26.2 Å². The van der Waals surface area contributed by atoms with Crippen LogP contribution in [0.2, 0.25) is 10.0 Å². The molecule has 0 unspecified atom stereocenters. The van der Waals surface area contributed by atoms with Gasteiger partial charge in [-0.1, -0.05) is 29.3 Å². The number of piperazine rings is 1. The SMILES string of the molecule is O=C(CCn1cncn1)N1CCN(C(=O)c2cccc(Cl)c2Cl)CC1. The van der Waals surface area contributed by atoms with Gasteiger partial charge in [0.2, 0.25) is 5.91 Å². The number of aryl methyl sites for hydroxylation is 1. The summed E-state index contributed by atoms with van der Waals surface area (Å²) in [5.41, 5.74) is 0.389. The monoisotopic (exact) mass is 381 g/mol. The average molecular weight is 382 g/mol. The molecular weight excluding hydrogens is 365 g/mol. The number of carbonyl (C=O) groups excluding carboxylic acids is 2. The number of carbonyl (C=O) groups is 2. The molecule has 1 aliphatic rings. The van der Waals surface area contributed by atoms with Gasteiger partial charge in [-0.05, 0) is 12.1 Å². The summed E-state index contributed by atoms with van der Waals surface area (Å²) >= 11 is 12.1. The van der Waals surface area contributed by atoms with E-state index in [1.807, 2.05) is 0 Å². The second-order valence-electron chi connectivity index (χ2n) is 5.68. The predicted molar refractivity (Wildman–Crippen MR) is 93.6 cm³/mol. The number of nitrogens with zero attached hydrogens (tertiary/aromatic N) is 5. The van der Waals surface area contributed by atoms with Gasteiger partial charge in [-0.2, -0.15) is 5.10 Å². The van der Waals surface area contributed by atoms with E-state index in [1.165, 1.54) is 6.33 Å². The van der Waals surface area contributed by atoms with E-state index in [2.05, 4.69) is 10.1 Å². The zero-order chi connectivity index (χ0) is 17.8. The van der Waals surface area contributed by atoms with E-state index in [4.69, 9.17) is 23.2 Å². The van der Waals surface area contributed by atoms with E-state index in [9.17, 15) is 9.59 Å². The van der Waals surface area contributed by atoms with E-state index >= 15 is 0 Å². The van der Waals surface area contributed by atoms with Crippen LogP contribution in [0.1, 0.15) is 16.8 Å². The fourth-order valence-corrected chi connectivity index (χ4v) is 3.10. The first-order valence-corrected chi connectivity index (χ1v) is 8.65. The number of hydrogen-bond donors (Lipinski definition) is 0. The summed E-state index contributed by atoms with van der Waals surface area (Å²) in [6, 6.07) is 5.00. The molecule has 132 valence electrons. The highest BCUT2D eigenvalue weighted by Gasteiger charge is 2.26. The zero-order valence-electron chi connectivity index (χ0n) is 13.4. The Balaban J connectivity index is 1.53. The van der Waals surface area contributed by atoms with Crippen LogP contribution in [0.25, 0.3) is 0 Å². The Labute approximate surface area is 155 Å². The van der Waals surface area contributed by atoms with E-state index in [0.717, 1.165) is 0 Å². The lowest BCUT2D eigenvalue weighted by Crippen LogP contribution is -2.50. The van der Waals surface area contributed by atoms with Crippen LogP contribution in [-0.4, -0.2) is 62.6 Å². The molecule has 0 N–H and O–H groups in total. The molecule has 1 aliphatic heterocycles. The molecule has 2 aromatic rings. The zero-order valence-corrected chi connectivity index (χ0v) is 14.9. The quantitative estimate of drug-likeness (QED) is 0.811. The van der Waals surface area contributed by atoms with Crippen molar-refractivity contribution in [3.63, 3.8) is 0 Å². The van der Waals surface area contributed by atoms with Gasteiger partial charge in [0, 0.05) is 32.6 Å². The van der Waals surface area contributed by atoms with E-state index in [-0.39, 0.29) is 16.8 Å². The van der Waals surface area contributed by atoms with Gasteiger partial charge >= 0.3 is 0 Å². The maximum Gasteiger partial charge on any atom is 0.255 e. The van der Waals surface area contributed by atoms with Crippen LogP contribution >= 0.6 is 23.2 Å². The molecule has 2 amide bonds. The maximum atomic E-state index is 12.6. The van der Waals surface area contributed by atoms with Crippen LogP contribution in [-0.2, 0) is 11.3 Å². The third-order valence-corrected chi connectivity index (χ3v) is 4.94. The van der Waals surface area contributed by atoms with Crippen molar-refractivity contribution in [2.45, 2.75) is 13.0 Å². The molecule has 0 bridgehead atoms. The molecule has 3 rings (SSSR count). The first kappa shape index (κ1) is 17.7. The predicted octanol–water partition coefficient (Wildman–Crippen LogP) is 1.96. The van der Waals surface area contributed by atoms with Crippen LogP contribution in [0.3, 0.4) is 0 Å². The van der Waals surface area contributed by atoms with Crippen LogP contribution in [0.15, 0.2) is 30.9 Å².